The number of nitrogens with one attached hydrogen (secondary N) is 1. The van der Waals surface area contributed by atoms with Crippen molar-refractivity contribution in [2.75, 3.05) is 5.32 Å². The number of aliphatic hydroxyl groups is 1. The van der Waals surface area contributed by atoms with Crippen LogP contribution in [0.25, 0.3) is 28.2 Å². The first-order valence-corrected chi connectivity index (χ1v) is 12.5. The van der Waals surface area contributed by atoms with Crippen LogP contribution in [-0.2, 0) is 0 Å². The summed E-state index contributed by atoms with van der Waals surface area (Å²) in [5, 5.41) is 18.5. The van der Waals surface area contributed by atoms with E-state index >= 15 is 0 Å². The lowest BCUT2D eigenvalue weighted by Crippen LogP contribution is -2.29. The number of aromatic nitrogens is 4. The molecule has 0 spiro atoms. The van der Waals surface area contributed by atoms with Gasteiger partial charge < -0.3 is 10.4 Å². The van der Waals surface area contributed by atoms with Crippen molar-refractivity contribution in [1.82, 2.24) is 19.6 Å². The fourth-order valence-electron chi connectivity index (χ4n) is 5.29. The zero-order chi connectivity index (χ0) is 23.1. The van der Waals surface area contributed by atoms with Crippen molar-refractivity contribution in [2.45, 2.75) is 69.9 Å². The fourth-order valence-corrected chi connectivity index (χ4v) is 5.29. The molecule has 2 aromatic heterocycles. The van der Waals surface area contributed by atoms with Gasteiger partial charge in [0.25, 0.3) is 5.78 Å². The fraction of sp³-hybridized carbons (Fsp3) is 0.393. The van der Waals surface area contributed by atoms with E-state index in [1.165, 1.54) is 24.8 Å². The van der Waals surface area contributed by atoms with Crippen LogP contribution in [0.3, 0.4) is 0 Å². The van der Waals surface area contributed by atoms with E-state index in [1.807, 2.05) is 17.5 Å². The average Bonchev–Trinajstić information content (AvgIpc) is 3.20. The number of fused-ring (bicyclic) bond motifs is 1. The van der Waals surface area contributed by atoms with Crippen LogP contribution >= 0.6 is 0 Å². The van der Waals surface area contributed by atoms with Crippen molar-refractivity contribution in [1.29, 1.82) is 0 Å². The summed E-state index contributed by atoms with van der Waals surface area (Å²) in [4.78, 5) is 9.66. The molecule has 6 heteroatoms. The number of hydrogen-bond acceptors (Lipinski definition) is 5. The van der Waals surface area contributed by atoms with Crippen LogP contribution in [0.4, 0.5) is 5.82 Å². The highest BCUT2D eigenvalue weighted by Crippen LogP contribution is 2.40. The summed E-state index contributed by atoms with van der Waals surface area (Å²) in [6, 6.07) is 19.7. The van der Waals surface area contributed by atoms with Crippen molar-refractivity contribution in [2.24, 2.45) is 0 Å². The quantitative estimate of drug-likeness (QED) is 0.402. The first-order valence-electron chi connectivity index (χ1n) is 12.5. The molecular weight excluding hydrogens is 422 g/mol. The van der Waals surface area contributed by atoms with E-state index in [0.717, 1.165) is 53.9 Å². The van der Waals surface area contributed by atoms with E-state index in [4.69, 9.17) is 10.1 Å². The predicted molar refractivity (Wildman–Crippen MR) is 135 cm³/mol. The van der Waals surface area contributed by atoms with Crippen LogP contribution < -0.4 is 5.32 Å². The molecule has 174 valence electrons. The number of aliphatic hydroxyl groups excluding tert-OH is 1. The van der Waals surface area contributed by atoms with E-state index in [0.29, 0.717) is 17.5 Å². The van der Waals surface area contributed by atoms with E-state index in [2.05, 4.69) is 58.8 Å². The van der Waals surface area contributed by atoms with Gasteiger partial charge >= 0.3 is 0 Å². The van der Waals surface area contributed by atoms with Crippen molar-refractivity contribution in [3.05, 3.63) is 66.0 Å². The molecule has 0 unspecified atom stereocenters. The SMILES string of the molecule is Cc1nc2nc(-c3ccc(C4CCC4)cc3)c(-c3ccccc3)c(NC3CCC(O)CC3)n2n1. The molecule has 2 aliphatic rings. The molecule has 2 saturated carbocycles. The molecule has 0 bridgehead atoms. The molecule has 2 N–H and O–H groups in total. The first-order chi connectivity index (χ1) is 16.7. The summed E-state index contributed by atoms with van der Waals surface area (Å²) in [6.45, 7) is 1.91. The number of hydrogen-bond donors (Lipinski definition) is 2. The van der Waals surface area contributed by atoms with Crippen molar-refractivity contribution in [3.63, 3.8) is 0 Å². The Kier molecular flexibility index (Phi) is 5.53. The van der Waals surface area contributed by atoms with Crippen LogP contribution in [0.1, 0.15) is 62.3 Å². The number of nitrogens with zero attached hydrogens (tertiary/aromatic N) is 4. The molecule has 2 heterocycles. The normalized spacial score (nSPS) is 20.9. The van der Waals surface area contributed by atoms with Gasteiger partial charge in [-0.15, -0.1) is 5.10 Å². The number of rotatable bonds is 5. The van der Waals surface area contributed by atoms with Gasteiger partial charge in [-0.3, -0.25) is 0 Å². The minimum absolute atomic E-state index is 0.192. The van der Waals surface area contributed by atoms with Crippen molar-refractivity contribution < 1.29 is 5.11 Å². The monoisotopic (exact) mass is 453 g/mol. The second-order valence-corrected chi connectivity index (χ2v) is 9.82. The van der Waals surface area contributed by atoms with Gasteiger partial charge in [-0.1, -0.05) is 61.0 Å². The minimum Gasteiger partial charge on any atom is -0.393 e. The van der Waals surface area contributed by atoms with Crippen LogP contribution in [-0.4, -0.2) is 36.8 Å². The van der Waals surface area contributed by atoms with E-state index in [-0.39, 0.29) is 12.1 Å². The lowest BCUT2D eigenvalue weighted by molar-refractivity contribution is 0.126. The molecule has 34 heavy (non-hydrogen) atoms. The number of aryl methyl sites for hydroxylation is 1. The van der Waals surface area contributed by atoms with Crippen LogP contribution in [0.15, 0.2) is 54.6 Å². The van der Waals surface area contributed by atoms with E-state index < -0.39 is 0 Å². The predicted octanol–water partition coefficient (Wildman–Crippen LogP) is 5.75. The third-order valence-electron chi connectivity index (χ3n) is 7.45. The van der Waals surface area contributed by atoms with Crippen molar-refractivity contribution >= 4 is 11.6 Å². The van der Waals surface area contributed by atoms with Gasteiger partial charge in [-0.2, -0.15) is 9.50 Å². The van der Waals surface area contributed by atoms with Gasteiger partial charge in [0, 0.05) is 11.6 Å². The molecular formula is C28H31N5O. The standard InChI is InChI=1S/C28H31N5O/c1-18-29-28-31-26(22-12-10-20(11-13-22)19-8-5-9-19)25(21-6-3-2-4-7-21)27(33(28)32-18)30-23-14-16-24(34)17-15-23/h2-4,6-7,10-13,19,23-24,30,34H,5,8-9,14-17H2,1H3. The Hall–Kier alpha value is -3.25. The maximum atomic E-state index is 10.0. The molecule has 2 fully saturated rings. The van der Waals surface area contributed by atoms with Crippen LogP contribution in [0.2, 0.25) is 0 Å². The van der Waals surface area contributed by atoms with Gasteiger partial charge in [0.15, 0.2) is 0 Å². The molecule has 0 atom stereocenters. The van der Waals surface area contributed by atoms with Gasteiger partial charge in [-0.25, -0.2) is 4.98 Å². The minimum atomic E-state index is -0.192. The van der Waals surface area contributed by atoms with Crippen molar-refractivity contribution in [3.8, 4) is 22.4 Å². The Bertz CT molecular complexity index is 1290. The zero-order valence-corrected chi connectivity index (χ0v) is 19.6. The molecule has 0 amide bonds. The Balaban J connectivity index is 1.52. The smallest absolute Gasteiger partial charge is 0.254 e. The molecule has 0 saturated heterocycles. The van der Waals surface area contributed by atoms with Gasteiger partial charge in [0.1, 0.15) is 11.6 Å². The van der Waals surface area contributed by atoms with E-state index in [1.54, 1.807) is 0 Å². The molecule has 6 nitrogen and oxygen atoms in total. The Labute approximate surface area is 200 Å². The van der Waals surface area contributed by atoms with Gasteiger partial charge in [0.2, 0.25) is 0 Å². The second kappa shape index (κ2) is 8.84. The summed E-state index contributed by atoms with van der Waals surface area (Å²) in [5.74, 6) is 2.94. The molecule has 0 aliphatic heterocycles. The molecule has 2 aromatic carbocycles. The summed E-state index contributed by atoms with van der Waals surface area (Å²) in [7, 11) is 0. The third-order valence-corrected chi connectivity index (χ3v) is 7.45. The number of benzene rings is 2. The van der Waals surface area contributed by atoms with Gasteiger partial charge in [-0.05, 0) is 62.5 Å². The summed E-state index contributed by atoms with van der Waals surface area (Å²) in [6.07, 6.45) is 7.22. The third kappa shape index (κ3) is 3.96. The lowest BCUT2D eigenvalue weighted by atomic mass is 9.80. The molecule has 4 aromatic rings. The summed E-state index contributed by atoms with van der Waals surface area (Å²) < 4.78 is 1.86. The molecule has 6 rings (SSSR count). The summed E-state index contributed by atoms with van der Waals surface area (Å²) >= 11 is 0. The average molecular weight is 454 g/mol. The topological polar surface area (TPSA) is 75.3 Å². The summed E-state index contributed by atoms with van der Waals surface area (Å²) in [5.41, 5.74) is 5.58. The highest BCUT2D eigenvalue weighted by atomic mass is 16.3. The molecule has 2 aliphatic carbocycles. The second-order valence-electron chi connectivity index (χ2n) is 9.82. The lowest BCUT2D eigenvalue weighted by Gasteiger charge is -2.28. The first kappa shape index (κ1) is 21.3. The van der Waals surface area contributed by atoms with Gasteiger partial charge in [0.05, 0.1) is 17.4 Å². The highest BCUT2D eigenvalue weighted by molar-refractivity contribution is 5.89. The Morgan fingerprint density at radius 3 is 2.26 bits per heavy atom. The Morgan fingerprint density at radius 1 is 0.853 bits per heavy atom. The maximum Gasteiger partial charge on any atom is 0.254 e. The maximum absolute atomic E-state index is 10.0. The number of anilines is 1. The Morgan fingerprint density at radius 2 is 1.59 bits per heavy atom. The van der Waals surface area contributed by atoms with Crippen LogP contribution in [0, 0.1) is 6.92 Å². The zero-order valence-electron chi connectivity index (χ0n) is 19.6. The largest absolute Gasteiger partial charge is 0.393 e. The molecule has 0 radical (unpaired) electrons. The van der Waals surface area contributed by atoms with Crippen LogP contribution in [0.5, 0.6) is 0 Å². The highest BCUT2D eigenvalue weighted by Gasteiger charge is 2.26. The van der Waals surface area contributed by atoms with E-state index in [9.17, 15) is 5.11 Å².